The molecule has 1 aliphatic heterocycles. The number of fused-ring (bicyclic) bond motifs is 7. The first-order chi connectivity index (χ1) is 14.8. The maximum absolute atomic E-state index is 6.21. The van der Waals surface area contributed by atoms with Crippen LogP contribution >= 0.6 is 23.4 Å². The van der Waals surface area contributed by atoms with E-state index in [0.717, 1.165) is 10.7 Å². The third-order valence-electron chi connectivity index (χ3n) is 5.96. The smallest absolute Gasteiger partial charge is 0.131 e. The summed E-state index contributed by atoms with van der Waals surface area (Å²) in [5.74, 6) is 0. The maximum Gasteiger partial charge on any atom is 0.131 e. The average molecular weight is 423 g/mol. The van der Waals surface area contributed by atoms with Gasteiger partial charge in [0.05, 0.1) is 16.7 Å². The van der Waals surface area contributed by atoms with Gasteiger partial charge in [-0.25, -0.2) is 0 Å². The minimum Gasteiger partial charge on any atom is -0.295 e. The number of para-hydroxylation sites is 3. The van der Waals surface area contributed by atoms with Crippen molar-refractivity contribution in [1.29, 1.82) is 0 Å². The number of rotatable bonds is 1. The van der Waals surface area contributed by atoms with Crippen molar-refractivity contribution in [3.8, 4) is 11.4 Å². The van der Waals surface area contributed by atoms with Crippen LogP contribution in [0.1, 0.15) is 0 Å². The number of benzene rings is 4. The zero-order chi connectivity index (χ0) is 19.8. The molecule has 0 N–H and O–H groups in total. The van der Waals surface area contributed by atoms with Gasteiger partial charge in [0.2, 0.25) is 0 Å². The fraction of sp³-hybridized carbons (Fsp3) is 0. The standard InChI is InChI=1S/C26H15ClN2S/c27-16-12-14-17(15-13-16)28-20-8-2-1-6-18(20)24-19-7-5-11-23-25(19)29(26(24)28)21-9-3-4-10-22(21)30-23/h1-15H. The highest BCUT2D eigenvalue weighted by Gasteiger charge is 2.27. The first kappa shape index (κ1) is 16.6. The van der Waals surface area contributed by atoms with Crippen LogP contribution in [0.3, 0.4) is 0 Å². The molecule has 0 aliphatic carbocycles. The second-order valence-corrected chi connectivity index (χ2v) is 9.11. The van der Waals surface area contributed by atoms with Crippen LogP contribution in [0.2, 0.25) is 5.02 Å². The van der Waals surface area contributed by atoms with Crippen LogP contribution in [0, 0.1) is 0 Å². The Hall–Kier alpha value is -3.14. The molecule has 0 amide bonds. The summed E-state index contributed by atoms with van der Waals surface area (Å²) in [5.41, 5.74) is 6.05. The Morgan fingerprint density at radius 3 is 2.27 bits per heavy atom. The van der Waals surface area contributed by atoms with Gasteiger partial charge in [0, 0.05) is 36.7 Å². The van der Waals surface area contributed by atoms with E-state index >= 15 is 0 Å². The second kappa shape index (κ2) is 5.94. The molecule has 0 saturated carbocycles. The van der Waals surface area contributed by atoms with Gasteiger partial charge < -0.3 is 0 Å². The normalized spacial score (nSPS) is 12.7. The molecule has 4 aromatic carbocycles. The molecule has 30 heavy (non-hydrogen) atoms. The Labute approximate surface area is 182 Å². The van der Waals surface area contributed by atoms with E-state index in [-0.39, 0.29) is 0 Å². The van der Waals surface area contributed by atoms with E-state index in [1.165, 1.54) is 48.3 Å². The summed E-state index contributed by atoms with van der Waals surface area (Å²) in [5, 5.41) is 4.62. The molecule has 3 heterocycles. The monoisotopic (exact) mass is 422 g/mol. The van der Waals surface area contributed by atoms with Crippen molar-refractivity contribution in [2.45, 2.75) is 9.79 Å². The summed E-state index contributed by atoms with van der Waals surface area (Å²) in [4.78, 5) is 2.58. The average Bonchev–Trinajstić information content (AvgIpc) is 3.29. The van der Waals surface area contributed by atoms with E-state index < -0.39 is 0 Å². The molecule has 2 nitrogen and oxygen atoms in total. The molecule has 0 radical (unpaired) electrons. The predicted octanol–water partition coefficient (Wildman–Crippen LogP) is 7.85. The topological polar surface area (TPSA) is 9.86 Å². The zero-order valence-corrected chi connectivity index (χ0v) is 17.4. The highest BCUT2D eigenvalue weighted by atomic mass is 35.5. The zero-order valence-electron chi connectivity index (χ0n) is 15.8. The molecule has 2 aromatic heterocycles. The van der Waals surface area contributed by atoms with Crippen molar-refractivity contribution in [2.75, 3.05) is 0 Å². The highest BCUT2D eigenvalue weighted by molar-refractivity contribution is 7.99. The van der Waals surface area contributed by atoms with Crippen molar-refractivity contribution in [2.24, 2.45) is 0 Å². The Balaban J connectivity index is 1.79. The van der Waals surface area contributed by atoms with Gasteiger partial charge in [-0.1, -0.05) is 65.8 Å². The van der Waals surface area contributed by atoms with Crippen LogP contribution in [0.25, 0.3) is 44.2 Å². The minimum atomic E-state index is 0.747. The van der Waals surface area contributed by atoms with E-state index in [2.05, 4.69) is 88.0 Å². The van der Waals surface area contributed by atoms with E-state index in [1.807, 2.05) is 23.9 Å². The number of halogens is 1. The summed E-state index contributed by atoms with van der Waals surface area (Å²) in [6.45, 7) is 0. The van der Waals surface area contributed by atoms with Crippen molar-refractivity contribution in [3.63, 3.8) is 0 Å². The molecular weight excluding hydrogens is 408 g/mol. The van der Waals surface area contributed by atoms with E-state index in [9.17, 15) is 0 Å². The number of nitrogens with zero attached hydrogens (tertiary/aromatic N) is 2. The molecule has 0 spiro atoms. The lowest BCUT2D eigenvalue weighted by molar-refractivity contribution is 1.03. The van der Waals surface area contributed by atoms with Gasteiger partial charge in [-0.3, -0.25) is 9.13 Å². The highest BCUT2D eigenvalue weighted by Crippen LogP contribution is 2.49. The SMILES string of the molecule is Clc1ccc(-n2c3ccccc3c3c4cccc5c4n(c32)-c2ccccc2S5)cc1. The Morgan fingerprint density at radius 2 is 1.37 bits per heavy atom. The van der Waals surface area contributed by atoms with E-state index in [4.69, 9.17) is 11.6 Å². The van der Waals surface area contributed by atoms with Crippen molar-refractivity contribution in [3.05, 3.63) is 96.0 Å². The molecule has 0 bridgehead atoms. The Morgan fingerprint density at radius 1 is 0.633 bits per heavy atom. The lowest BCUT2D eigenvalue weighted by Crippen LogP contribution is -2.05. The van der Waals surface area contributed by atoms with Crippen LogP contribution in [-0.2, 0) is 0 Å². The number of hydrogen-bond acceptors (Lipinski definition) is 1. The molecule has 0 atom stereocenters. The van der Waals surface area contributed by atoms with Crippen molar-refractivity contribution >= 4 is 56.2 Å². The Kier molecular flexibility index (Phi) is 3.30. The van der Waals surface area contributed by atoms with Gasteiger partial charge >= 0.3 is 0 Å². The summed E-state index contributed by atoms with van der Waals surface area (Å²) in [6, 6.07) is 32.1. The summed E-state index contributed by atoms with van der Waals surface area (Å²) in [6.07, 6.45) is 0. The number of hydrogen-bond donors (Lipinski definition) is 0. The molecular formula is C26H15ClN2S. The molecule has 0 fully saturated rings. The fourth-order valence-corrected chi connectivity index (χ4v) is 6.00. The summed E-state index contributed by atoms with van der Waals surface area (Å²) in [7, 11) is 0. The second-order valence-electron chi connectivity index (χ2n) is 7.59. The Bertz CT molecular complexity index is 1620. The molecule has 6 aromatic rings. The van der Waals surface area contributed by atoms with Gasteiger partial charge in [0.15, 0.2) is 0 Å². The van der Waals surface area contributed by atoms with Crippen LogP contribution < -0.4 is 0 Å². The van der Waals surface area contributed by atoms with Crippen LogP contribution in [0.15, 0.2) is 101 Å². The third kappa shape index (κ3) is 2.06. The van der Waals surface area contributed by atoms with Crippen molar-refractivity contribution in [1.82, 2.24) is 9.13 Å². The lowest BCUT2D eigenvalue weighted by Gasteiger charge is -2.21. The molecule has 0 unspecified atom stereocenters. The quantitative estimate of drug-likeness (QED) is 0.262. The third-order valence-corrected chi connectivity index (χ3v) is 7.33. The van der Waals surface area contributed by atoms with Gasteiger partial charge in [-0.05, 0) is 48.5 Å². The molecule has 4 heteroatoms. The summed E-state index contributed by atoms with van der Waals surface area (Å²) >= 11 is 8.07. The van der Waals surface area contributed by atoms with Crippen LogP contribution in [0.4, 0.5) is 0 Å². The summed E-state index contributed by atoms with van der Waals surface area (Å²) < 4.78 is 4.82. The first-order valence-electron chi connectivity index (χ1n) is 9.91. The van der Waals surface area contributed by atoms with Crippen molar-refractivity contribution < 1.29 is 0 Å². The lowest BCUT2D eigenvalue weighted by atomic mass is 10.1. The van der Waals surface area contributed by atoms with E-state index in [1.54, 1.807) is 0 Å². The number of aromatic nitrogens is 2. The molecule has 0 saturated heterocycles. The van der Waals surface area contributed by atoms with Gasteiger partial charge in [0.25, 0.3) is 0 Å². The van der Waals surface area contributed by atoms with Gasteiger partial charge in [-0.15, -0.1) is 0 Å². The molecule has 1 aliphatic rings. The van der Waals surface area contributed by atoms with Gasteiger partial charge in [-0.2, -0.15) is 0 Å². The van der Waals surface area contributed by atoms with Crippen LogP contribution in [-0.4, -0.2) is 9.13 Å². The first-order valence-corrected chi connectivity index (χ1v) is 11.1. The largest absolute Gasteiger partial charge is 0.295 e. The van der Waals surface area contributed by atoms with Gasteiger partial charge in [0.1, 0.15) is 5.65 Å². The maximum atomic E-state index is 6.21. The minimum absolute atomic E-state index is 0.747. The fourth-order valence-electron chi connectivity index (χ4n) is 4.78. The van der Waals surface area contributed by atoms with Crippen LogP contribution in [0.5, 0.6) is 0 Å². The molecule has 142 valence electrons. The van der Waals surface area contributed by atoms with E-state index in [0.29, 0.717) is 0 Å². The predicted molar refractivity (Wildman–Crippen MR) is 127 cm³/mol. The molecule has 7 rings (SSSR count).